The molecule has 4 rings (SSSR count). The van der Waals surface area contributed by atoms with E-state index in [2.05, 4.69) is 69.0 Å². The van der Waals surface area contributed by atoms with Crippen LogP contribution in [0.2, 0.25) is 5.02 Å². The fourth-order valence-corrected chi connectivity index (χ4v) is 4.20. The number of halogens is 2. The molecule has 4 aromatic carbocycles. The van der Waals surface area contributed by atoms with Crippen LogP contribution in [0.25, 0.3) is 0 Å². The monoisotopic (exact) mass is 506 g/mol. The second-order valence-corrected chi connectivity index (χ2v) is 8.73. The summed E-state index contributed by atoms with van der Waals surface area (Å²) in [7, 11) is 1.67. The van der Waals surface area contributed by atoms with Crippen LogP contribution in [0.3, 0.4) is 0 Å². The average molecular weight is 508 g/mol. The highest BCUT2D eigenvalue weighted by atomic mass is 79.9. The molecule has 0 spiro atoms. The van der Waals surface area contributed by atoms with Gasteiger partial charge in [0, 0.05) is 20.9 Å². The van der Waals surface area contributed by atoms with Crippen molar-refractivity contribution in [3.05, 3.63) is 124 Å². The first-order valence-corrected chi connectivity index (χ1v) is 11.5. The van der Waals surface area contributed by atoms with Gasteiger partial charge in [-0.3, -0.25) is 0 Å². The molecule has 0 aromatic heterocycles. The molecule has 0 amide bonds. The highest BCUT2D eigenvalue weighted by molar-refractivity contribution is 9.10. The minimum atomic E-state index is -0.136. The molecule has 0 bridgehead atoms. The number of hydrogen-bond acceptors (Lipinski definition) is 3. The molecule has 0 aliphatic heterocycles. The number of rotatable bonds is 8. The molecule has 0 fully saturated rings. The number of benzene rings is 4. The van der Waals surface area contributed by atoms with Gasteiger partial charge in [-0.15, -0.1) is 0 Å². The van der Waals surface area contributed by atoms with Crippen LogP contribution in [0.15, 0.2) is 108 Å². The zero-order valence-electron chi connectivity index (χ0n) is 17.6. The summed E-state index contributed by atoms with van der Waals surface area (Å²) >= 11 is 10.2. The summed E-state index contributed by atoms with van der Waals surface area (Å²) in [5.41, 5.74) is 4.18. The van der Waals surface area contributed by atoms with Crippen molar-refractivity contribution in [2.45, 2.75) is 12.1 Å². The lowest BCUT2D eigenvalue weighted by Crippen LogP contribution is -2.26. The fourth-order valence-electron chi connectivity index (χ4n) is 3.68. The van der Waals surface area contributed by atoms with Crippen molar-refractivity contribution in [1.82, 2.24) is 0 Å². The molecule has 32 heavy (non-hydrogen) atoms. The number of methoxy groups -OCH3 is 1. The van der Waals surface area contributed by atoms with E-state index in [1.54, 1.807) is 7.11 Å². The molecular weight excluding hydrogens is 484 g/mol. The van der Waals surface area contributed by atoms with E-state index in [9.17, 15) is 0 Å². The Hall–Kier alpha value is -2.95. The van der Waals surface area contributed by atoms with Crippen LogP contribution in [-0.4, -0.2) is 7.11 Å². The van der Waals surface area contributed by atoms with Gasteiger partial charge in [0.2, 0.25) is 0 Å². The zero-order valence-corrected chi connectivity index (χ0v) is 20.0. The van der Waals surface area contributed by atoms with Crippen LogP contribution in [0.5, 0.6) is 5.75 Å². The van der Waals surface area contributed by atoms with Gasteiger partial charge in [0.05, 0.1) is 19.2 Å². The molecule has 0 saturated carbocycles. The van der Waals surface area contributed by atoms with Crippen molar-refractivity contribution in [2.75, 3.05) is 17.7 Å². The van der Waals surface area contributed by atoms with Gasteiger partial charge in [0.25, 0.3) is 0 Å². The van der Waals surface area contributed by atoms with Crippen molar-refractivity contribution in [3.8, 4) is 5.75 Å². The van der Waals surface area contributed by atoms with Crippen molar-refractivity contribution in [1.29, 1.82) is 0 Å². The number of nitrogens with one attached hydrogen (secondary N) is 2. The zero-order chi connectivity index (χ0) is 22.3. The molecule has 0 unspecified atom stereocenters. The summed E-state index contributed by atoms with van der Waals surface area (Å²) in [6.45, 7) is 0. The summed E-state index contributed by atoms with van der Waals surface area (Å²) < 4.78 is 6.36. The van der Waals surface area contributed by atoms with Crippen molar-refractivity contribution in [2.24, 2.45) is 0 Å². The first kappa shape index (κ1) is 22.3. The summed E-state index contributed by atoms with van der Waals surface area (Å²) in [6.07, 6.45) is 0. The standard InChI is InChI=1S/C27H24BrClN2O/c1-32-23-17-15-22(16-18-23)31-27(24-9-5-6-10-25(24)29)26(19-7-3-2-4-8-19)30-21-13-11-20(28)12-14-21/h2-18,26-27,30-31H,1H3/t26-,27-/m1/s1. The van der Waals surface area contributed by atoms with E-state index in [0.717, 1.165) is 37.7 Å². The van der Waals surface area contributed by atoms with Crippen LogP contribution < -0.4 is 15.4 Å². The third-order valence-corrected chi connectivity index (χ3v) is 6.18. The van der Waals surface area contributed by atoms with E-state index in [1.807, 2.05) is 60.7 Å². The lowest BCUT2D eigenvalue weighted by molar-refractivity contribution is 0.415. The second-order valence-electron chi connectivity index (χ2n) is 7.41. The SMILES string of the molecule is COc1ccc(N[C@H](c2ccccc2Cl)[C@H](Nc2ccc(Br)cc2)c2ccccc2)cc1. The maximum Gasteiger partial charge on any atom is 0.119 e. The van der Waals surface area contributed by atoms with Gasteiger partial charge < -0.3 is 15.4 Å². The van der Waals surface area contributed by atoms with E-state index in [1.165, 1.54) is 0 Å². The van der Waals surface area contributed by atoms with E-state index < -0.39 is 0 Å². The predicted molar refractivity (Wildman–Crippen MR) is 138 cm³/mol. The largest absolute Gasteiger partial charge is 0.497 e. The minimum Gasteiger partial charge on any atom is -0.497 e. The molecular formula is C27H24BrClN2O. The summed E-state index contributed by atoms with van der Waals surface area (Å²) in [6, 6.07) is 34.3. The summed E-state index contributed by atoms with van der Waals surface area (Å²) in [4.78, 5) is 0. The molecule has 0 aliphatic rings. The summed E-state index contributed by atoms with van der Waals surface area (Å²) in [5, 5.41) is 8.15. The Bertz CT molecular complexity index is 1130. The Morgan fingerprint density at radius 2 is 1.25 bits per heavy atom. The highest BCUT2D eigenvalue weighted by Crippen LogP contribution is 2.38. The normalized spacial score (nSPS) is 12.6. The van der Waals surface area contributed by atoms with Gasteiger partial charge in [0.15, 0.2) is 0 Å². The topological polar surface area (TPSA) is 33.3 Å². The van der Waals surface area contributed by atoms with Crippen LogP contribution >= 0.6 is 27.5 Å². The van der Waals surface area contributed by atoms with Gasteiger partial charge in [-0.2, -0.15) is 0 Å². The molecule has 0 saturated heterocycles. The van der Waals surface area contributed by atoms with Crippen molar-refractivity contribution >= 4 is 38.9 Å². The van der Waals surface area contributed by atoms with Crippen LogP contribution in [0, 0.1) is 0 Å². The lowest BCUT2D eigenvalue weighted by atomic mass is 9.92. The maximum absolute atomic E-state index is 6.69. The van der Waals surface area contributed by atoms with Crippen LogP contribution in [0.4, 0.5) is 11.4 Å². The Morgan fingerprint density at radius 3 is 1.88 bits per heavy atom. The molecule has 5 heteroatoms. The van der Waals surface area contributed by atoms with Gasteiger partial charge in [-0.05, 0) is 65.7 Å². The van der Waals surface area contributed by atoms with Gasteiger partial charge in [-0.25, -0.2) is 0 Å². The van der Waals surface area contributed by atoms with E-state index in [0.29, 0.717) is 0 Å². The van der Waals surface area contributed by atoms with Crippen LogP contribution in [-0.2, 0) is 0 Å². The number of hydrogen-bond donors (Lipinski definition) is 2. The molecule has 0 heterocycles. The van der Waals surface area contributed by atoms with Crippen LogP contribution in [0.1, 0.15) is 23.2 Å². The van der Waals surface area contributed by atoms with Crippen molar-refractivity contribution < 1.29 is 4.74 Å². The van der Waals surface area contributed by atoms with E-state index >= 15 is 0 Å². The minimum absolute atomic E-state index is 0.0839. The van der Waals surface area contributed by atoms with E-state index in [4.69, 9.17) is 16.3 Å². The number of anilines is 2. The van der Waals surface area contributed by atoms with E-state index in [-0.39, 0.29) is 12.1 Å². The molecule has 0 aliphatic carbocycles. The smallest absolute Gasteiger partial charge is 0.119 e. The molecule has 2 atom stereocenters. The lowest BCUT2D eigenvalue weighted by Gasteiger charge is -2.32. The molecule has 3 nitrogen and oxygen atoms in total. The molecule has 0 radical (unpaired) electrons. The Labute approximate surface area is 202 Å². The molecule has 4 aromatic rings. The summed E-state index contributed by atoms with van der Waals surface area (Å²) in [5.74, 6) is 0.817. The Morgan fingerprint density at radius 1 is 0.688 bits per heavy atom. The van der Waals surface area contributed by atoms with Gasteiger partial charge in [0.1, 0.15) is 5.75 Å². The fraction of sp³-hybridized carbons (Fsp3) is 0.111. The quantitative estimate of drug-likeness (QED) is 0.253. The highest BCUT2D eigenvalue weighted by Gasteiger charge is 2.27. The maximum atomic E-state index is 6.69. The first-order valence-electron chi connectivity index (χ1n) is 10.4. The second kappa shape index (κ2) is 10.6. The predicted octanol–water partition coefficient (Wildman–Crippen LogP) is 8.12. The average Bonchev–Trinajstić information content (AvgIpc) is 2.84. The third-order valence-electron chi connectivity index (χ3n) is 5.31. The van der Waals surface area contributed by atoms with Crippen molar-refractivity contribution in [3.63, 3.8) is 0 Å². The number of ether oxygens (including phenoxy) is 1. The third kappa shape index (κ3) is 5.45. The molecule has 162 valence electrons. The Kier molecular flexibility index (Phi) is 7.35. The van der Waals surface area contributed by atoms with Gasteiger partial charge in [-0.1, -0.05) is 76.1 Å². The molecule has 2 N–H and O–H groups in total. The van der Waals surface area contributed by atoms with Gasteiger partial charge >= 0.3 is 0 Å². The first-order chi connectivity index (χ1) is 15.6. The Balaban J connectivity index is 1.77.